The highest BCUT2D eigenvalue weighted by Gasteiger charge is 2.38. The second-order valence-corrected chi connectivity index (χ2v) is 7.49. The first-order valence-electron chi connectivity index (χ1n) is 7.32. The summed E-state index contributed by atoms with van der Waals surface area (Å²) in [5.74, 6) is -4.00. The number of nitrogens with one attached hydrogen (secondary N) is 1. The lowest BCUT2D eigenvalue weighted by Gasteiger charge is -2.30. The highest BCUT2D eigenvalue weighted by Crippen LogP contribution is 2.37. The molecule has 0 aromatic carbocycles. The molecule has 0 aromatic heterocycles. The van der Waals surface area contributed by atoms with Crippen LogP contribution in [0.1, 0.15) is 39.5 Å². The minimum absolute atomic E-state index is 0.155. The molecule has 0 aliphatic heterocycles. The van der Waals surface area contributed by atoms with Gasteiger partial charge < -0.3 is 5.32 Å². The van der Waals surface area contributed by atoms with Crippen molar-refractivity contribution in [2.75, 3.05) is 25.4 Å². The molecule has 1 aliphatic rings. The van der Waals surface area contributed by atoms with E-state index < -0.39 is 21.9 Å². The number of amides is 1. The minimum Gasteiger partial charge on any atom is -0.355 e. The van der Waals surface area contributed by atoms with Crippen molar-refractivity contribution in [3.63, 3.8) is 0 Å². The van der Waals surface area contributed by atoms with Gasteiger partial charge in [0.25, 0.3) is 0 Å². The molecule has 0 saturated heterocycles. The van der Waals surface area contributed by atoms with Crippen LogP contribution in [-0.4, -0.2) is 49.9 Å². The molecular weight excluding hydrogens is 302 g/mol. The van der Waals surface area contributed by atoms with E-state index in [1.165, 1.54) is 0 Å². The Kier molecular flexibility index (Phi) is 6.52. The van der Waals surface area contributed by atoms with Crippen LogP contribution in [0.3, 0.4) is 0 Å². The summed E-state index contributed by atoms with van der Waals surface area (Å²) in [6.45, 7) is 3.70. The number of hydrogen-bond donors (Lipinski definition) is 1. The number of carbonyl (C=O) groups is 1. The van der Waals surface area contributed by atoms with Gasteiger partial charge in [0.1, 0.15) is 0 Å². The quantitative estimate of drug-likeness (QED) is 0.773. The molecule has 1 aliphatic carbocycles. The Morgan fingerprint density at radius 1 is 1.38 bits per heavy atom. The van der Waals surface area contributed by atoms with Crippen molar-refractivity contribution >= 4 is 15.9 Å². The van der Waals surface area contributed by atoms with Crippen LogP contribution >= 0.6 is 0 Å². The fourth-order valence-electron chi connectivity index (χ4n) is 2.64. The fraction of sp³-hybridized carbons (Fsp3) is 0.923. The molecule has 0 spiro atoms. The smallest absolute Gasteiger partial charge is 0.248 e. The lowest BCUT2D eigenvalue weighted by molar-refractivity contribution is -0.121. The molecule has 21 heavy (non-hydrogen) atoms. The molecule has 1 saturated carbocycles. The zero-order valence-electron chi connectivity index (χ0n) is 12.6. The molecule has 0 bridgehead atoms. The van der Waals surface area contributed by atoms with Gasteiger partial charge in [-0.25, -0.2) is 17.2 Å². The van der Waals surface area contributed by atoms with Gasteiger partial charge in [0.15, 0.2) is 0 Å². The molecule has 1 N–H and O–H groups in total. The number of alkyl halides is 2. The first-order chi connectivity index (χ1) is 9.70. The van der Waals surface area contributed by atoms with Gasteiger partial charge >= 0.3 is 0 Å². The predicted octanol–water partition coefficient (Wildman–Crippen LogP) is 1.60. The predicted molar refractivity (Wildman–Crippen MR) is 76.6 cm³/mol. The average Bonchev–Trinajstić information content (AvgIpc) is 2.34. The Morgan fingerprint density at radius 3 is 2.57 bits per heavy atom. The Morgan fingerprint density at radius 2 is 2.05 bits per heavy atom. The zero-order chi connectivity index (χ0) is 16.1. The number of nitrogens with zero attached hydrogens (tertiary/aromatic N) is 1. The second kappa shape index (κ2) is 7.49. The van der Waals surface area contributed by atoms with Crippen molar-refractivity contribution in [2.24, 2.45) is 5.92 Å². The van der Waals surface area contributed by atoms with Crippen molar-refractivity contribution in [2.45, 2.75) is 45.5 Å². The minimum atomic E-state index is -3.70. The molecule has 1 atom stereocenters. The maximum Gasteiger partial charge on any atom is 0.248 e. The molecule has 0 heterocycles. The van der Waals surface area contributed by atoms with Crippen LogP contribution in [0.5, 0.6) is 0 Å². The van der Waals surface area contributed by atoms with Crippen LogP contribution in [0.25, 0.3) is 0 Å². The Bertz CT molecular complexity index is 454. The fourth-order valence-corrected chi connectivity index (χ4v) is 4.44. The number of sulfonamides is 1. The lowest BCUT2D eigenvalue weighted by atomic mass is 9.88. The summed E-state index contributed by atoms with van der Waals surface area (Å²) in [6, 6.07) is 0. The number of carbonyl (C=O) groups excluding carboxylic acids is 1. The number of hydrogen-bond acceptors (Lipinski definition) is 3. The van der Waals surface area contributed by atoms with Crippen LogP contribution in [0.2, 0.25) is 0 Å². The van der Waals surface area contributed by atoms with E-state index in [4.69, 9.17) is 0 Å². The van der Waals surface area contributed by atoms with Gasteiger partial charge in [0.2, 0.25) is 21.9 Å². The van der Waals surface area contributed by atoms with Crippen LogP contribution < -0.4 is 5.32 Å². The van der Waals surface area contributed by atoms with Crippen molar-refractivity contribution in [3.8, 4) is 0 Å². The van der Waals surface area contributed by atoms with Crippen molar-refractivity contribution in [1.29, 1.82) is 0 Å². The third-order valence-electron chi connectivity index (χ3n) is 3.63. The third-order valence-corrected chi connectivity index (χ3v) is 5.70. The van der Waals surface area contributed by atoms with E-state index in [9.17, 15) is 22.0 Å². The largest absolute Gasteiger partial charge is 0.355 e. The standard InChI is InChI=1S/C13H24F2N2O3S/c1-3-16-12(18)9-17(4-2)21(19,20)10-11-6-5-7-13(14,15)8-11/h11H,3-10H2,1-2H3,(H,16,18)/t11-/m0/s1. The van der Waals surface area contributed by atoms with E-state index in [1.54, 1.807) is 13.8 Å². The highest BCUT2D eigenvalue weighted by molar-refractivity contribution is 7.89. The van der Waals surface area contributed by atoms with Gasteiger partial charge in [-0.1, -0.05) is 6.92 Å². The summed E-state index contributed by atoms with van der Waals surface area (Å²) in [7, 11) is -3.70. The van der Waals surface area contributed by atoms with E-state index in [1.807, 2.05) is 0 Å². The summed E-state index contributed by atoms with van der Waals surface area (Å²) in [5.41, 5.74) is 0. The van der Waals surface area contributed by atoms with E-state index in [0.29, 0.717) is 19.4 Å². The van der Waals surface area contributed by atoms with Crippen molar-refractivity contribution in [3.05, 3.63) is 0 Å². The molecule has 124 valence electrons. The maximum absolute atomic E-state index is 13.4. The van der Waals surface area contributed by atoms with Crippen molar-refractivity contribution < 1.29 is 22.0 Å². The zero-order valence-corrected chi connectivity index (χ0v) is 13.4. The summed E-state index contributed by atoms with van der Waals surface area (Å²) >= 11 is 0. The van der Waals surface area contributed by atoms with E-state index >= 15 is 0 Å². The van der Waals surface area contributed by atoms with Gasteiger partial charge in [-0.15, -0.1) is 0 Å². The molecule has 1 amide bonds. The molecule has 5 nitrogen and oxygen atoms in total. The van der Waals surface area contributed by atoms with Gasteiger partial charge in [-0.2, -0.15) is 4.31 Å². The summed E-state index contributed by atoms with van der Waals surface area (Å²) in [4.78, 5) is 11.5. The summed E-state index contributed by atoms with van der Waals surface area (Å²) < 4.78 is 52.3. The molecular formula is C13H24F2N2O3S. The Labute approximate surface area is 125 Å². The monoisotopic (exact) mass is 326 g/mol. The summed E-state index contributed by atoms with van der Waals surface area (Å²) in [6.07, 6.45) is 0.286. The molecule has 8 heteroatoms. The first-order valence-corrected chi connectivity index (χ1v) is 8.93. The number of likely N-dealkylation sites (N-methyl/N-ethyl adjacent to an activating group) is 2. The average molecular weight is 326 g/mol. The second-order valence-electron chi connectivity index (χ2n) is 5.48. The van der Waals surface area contributed by atoms with E-state index in [-0.39, 0.29) is 37.6 Å². The van der Waals surface area contributed by atoms with E-state index in [2.05, 4.69) is 5.32 Å². The molecule has 0 unspecified atom stereocenters. The number of rotatable bonds is 7. The normalized spacial score (nSPS) is 22.2. The van der Waals surface area contributed by atoms with Crippen LogP contribution in [-0.2, 0) is 14.8 Å². The molecule has 0 radical (unpaired) electrons. The Hall–Kier alpha value is -0.760. The third kappa shape index (κ3) is 5.86. The van der Waals surface area contributed by atoms with Gasteiger partial charge in [-0.3, -0.25) is 4.79 Å². The Balaban J connectivity index is 2.67. The van der Waals surface area contributed by atoms with E-state index in [0.717, 1.165) is 4.31 Å². The van der Waals surface area contributed by atoms with Crippen LogP contribution in [0.4, 0.5) is 8.78 Å². The maximum atomic E-state index is 13.4. The van der Waals surface area contributed by atoms with Crippen molar-refractivity contribution in [1.82, 2.24) is 9.62 Å². The van der Waals surface area contributed by atoms with Gasteiger partial charge in [0, 0.05) is 25.9 Å². The topological polar surface area (TPSA) is 66.5 Å². The molecule has 1 rings (SSSR count). The summed E-state index contributed by atoms with van der Waals surface area (Å²) in [5, 5.41) is 2.53. The first kappa shape index (κ1) is 18.3. The van der Waals surface area contributed by atoms with Gasteiger partial charge in [-0.05, 0) is 25.7 Å². The lowest BCUT2D eigenvalue weighted by Crippen LogP contribution is -2.43. The van der Waals surface area contributed by atoms with Gasteiger partial charge in [0.05, 0.1) is 12.3 Å². The molecule has 1 fully saturated rings. The highest BCUT2D eigenvalue weighted by atomic mass is 32.2. The molecule has 0 aromatic rings. The van der Waals surface area contributed by atoms with Crippen LogP contribution in [0, 0.1) is 5.92 Å². The number of halogens is 2. The van der Waals surface area contributed by atoms with Crippen LogP contribution in [0.15, 0.2) is 0 Å². The SMILES string of the molecule is CCNC(=O)CN(CC)S(=O)(=O)C[C@H]1CCCC(F)(F)C1.